The molecule has 1 aliphatic heterocycles. The molecule has 3 aromatic rings. The van der Waals surface area contributed by atoms with Gasteiger partial charge in [0.25, 0.3) is 0 Å². The van der Waals surface area contributed by atoms with Gasteiger partial charge in [0.15, 0.2) is 5.82 Å². The van der Waals surface area contributed by atoms with Crippen molar-refractivity contribution in [2.24, 2.45) is 0 Å². The van der Waals surface area contributed by atoms with Gasteiger partial charge < -0.3 is 14.2 Å². The first-order valence-corrected chi connectivity index (χ1v) is 8.61. The number of hydrogen-bond acceptors (Lipinski definition) is 4. The van der Waals surface area contributed by atoms with Gasteiger partial charge in [0.2, 0.25) is 0 Å². The van der Waals surface area contributed by atoms with Gasteiger partial charge in [-0.1, -0.05) is 25.1 Å². The highest BCUT2D eigenvalue weighted by Crippen LogP contribution is 2.24. The Balaban J connectivity index is 1.59. The fourth-order valence-electron chi connectivity index (χ4n) is 3.64. The summed E-state index contributed by atoms with van der Waals surface area (Å²) >= 11 is 0. The first-order valence-electron chi connectivity index (χ1n) is 8.61. The van der Waals surface area contributed by atoms with Crippen LogP contribution in [0.15, 0.2) is 30.5 Å². The average Bonchev–Trinajstić information content (AvgIpc) is 3.17. The van der Waals surface area contributed by atoms with Gasteiger partial charge in [-0.25, -0.2) is 0 Å². The second-order valence-corrected chi connectivity index (χ2v) is 6.42. The zero-order chi connectivity index (χ0) is 16.5. The number of aliphatic hydroxyl groups excluding tert-OH is 1. The van der Waals surface area contributed by atoms with Crippen molar-refractivity contribution >= 4 is 10.9 Å². The van der Waals surface area contributed by atoms with E-state index in [1.807, 2.05) is 4.57 Å². The summed E-state index contributed by atoms with van der Waals surface area (Å²) in [7, 11) is 0. The second kappa shape index (κ2) is 6.37. The van der Waals surface area contributed by atoms with E-state index in [0.29, 0.717) is 5.82 Å². The summed E-state index contributed by atoms with van der Waals surface area (Å²) in [6, 6.07) is 8.64. The molecule has 6 nitrogen and oxygen atoms in total. The van der Waals surface area contributed by atoms with E-state index in [4.69, 9.17) is 0 Å². The van der Waals surface area contributed by atoms with E-state index in [9.17, 15) is 5.11 Å². The predicted octanol–water partition coefficient (Wildman–Crippen LogP) is 2.15. The summed E-state index contributed by atoms with van der Waals surface area (Å²) in [4.78, 5) is 2.41. The van der Waals surface area contributed by atoms with Crippen molar-refractivity contribution in [2.75, 3.05) is 6.54 Å². The third-order valence-corrected chi connectivity index (χ3v) is 4.78. The molecule has 2 aromatic heterocycles. The SMILES string of the molecule is CCCn1cc(CN2CCn3c(CO)nnc3C2)c2ccccc21. The lowest BCUT2D eigenvalue weighted by atomic mass is 10.1. The molecular formula is C18H23N5O. The van der Waals surface area contributed by atoms with Crippen LogP contribution in [0.5, 0.6) is 0 Å². The highest BCUT2D eigenvalue weighted by Gasteiger charge is 2.21. The standard InChI is InChI=1S/C18H23N5O/c1-2-7-22-11-14(15-5-3-4-6-16(15)22)10-21-8-9-23-17(12-21)19-20-18(23)13-24/h3-6,11,24H,2,7-10,12-13H2,1H3. The zero-order valence-electron chi connectivity index (χ0n) is 14.0. The molecule has 0 atom stereocenters. The molecule has 0 aliphatic carbocycles. The molecule has 0 bridgehead atoms. The van der Waals surface area contributed by atoms with Gasteiger partial charge in [-0.2, -0.15) is 0 Å². The van der Waals surface area contributed by atoms with E-state index < -0.39 is 0 Å². The summed E-state index contributed by atoms with van der Waals surface area (Å²) in [5, 5.41) is 18.9. The molecule has 0 unspecified atom stereocenters. The Morgan fingerprint density at radius 2 is 2.04 bits per heavy atom. The topological polar surface area (TPSA) is 59.1 Å². The Bertz CT molecular complexity index is 850. The van der Waals surface area contributed by atoms with E-state index in [1.165, 1.54) is 16.5 Å². The van der Waals surface area contributed by atoms with Gasteiger partial charge in [-0.3, -0.25) is 4.90 Å². The number of nitrogens with zero attached hydrogens (tertiary/aromatic N) is 5. The molecule has 0 radical (unpaired) electrons. The lowest BCUT2D eigenvalue weighted by molar-refractivity contribution is 0.200. The number of para-hydroxylation sites is 1. The van der Waals surface area contributed by atoms with Crippen LogP contribution in [-0.4, -0.2) is 35.9 Å². The van der Waals surface area contributed by atoms with E-state index in [2.05, 4.69) is 57.1 Å². The Kier molecular flexibility index (Phi) is 4.08. The zero-order valence-corrected chi connectivity index (χ0v) is 14.0. The largest absolute Gasteiger partial charge is 0.388 e. The van der Waals surface area contributed by atoms with Crippen molar-refractivity contribution in [2.45, 2.75) is 46.1 Å². The van der Waals surface area contributed by atoms with Crippen LogP contribution in [-0.2, 0) is 32.8 Å². The van der Waals surface area contributed by atoms with E-state index in [1.54, 1.807) is 0 Å². The molecule has 1 N–H and O–H groups in total. The minimum Gasteiger partial charge on any atom is -0.388 e. The number of aromatic nitrogens is 4. The maximum Gasteiger partial charge on any atom is 0.158 e. The highest BCUT2D eigenvalue weighted by molar-refractivity contribution is 5.83. The first kappa shape index (κ1) is 15.4. The number of fused-ring (bicyclic) bond motifs is 2. The average molecular weight is 325 g/mol. The minimum atomic E-state index is -0.0441. The van der Waals surface area contributed by atoms with Gasteiger partial charge >= 0.3 is 0 Å². The lowest BCUT2D eigenvalue weighted by Crippen LogP contribution is -2.34. The van der Waals surface area contributed by atoms with Crippen LogP contribution in [0.4, 0.5) is 0 Å². The van der Waals surface area contributed by atoms with E-state index in [0.717, 1.165) is 45.0 Å². The normalized spacial score (nSPS) is 15.1. The Hall–Kier alpha value is -2.18. The quantitative estimate of drug-likeness (QED) is 0.781. The number of aliphatic hydroxyl groups is 1. The summed E-state index contributed by atoms with van der Waals surface area (Å²) in [6.07, 6.45) is 3.43. The third-order valence-electron chi connectivity index (χ3n) is 4.78. The smallest absolute Gasteiger partial charge is 0.158 e. The molecule has 0 amide bonds. The molecule has 1 aliphatic rings. The fraction of sp³-hybridized carbons (Fsp3) is 0.444. The maximum atomic E-state index is 9.32. The monoisotopic (exact) mass is 325 g/mol. The number of rotatable bonds is 5. The summed E-state index contributed by atoms with van der Waals surface area (Å²) in [5.41, 5.74) is 2.69. The van der Waals surface area contributed by atoms with Crippen LogP contribution in [0.1, 0.15) is 30.6 Å². The van der Waals surface area contributed by atoms with Crippen LogP contribution < -0.4 is 0 Å². The molecule has 24 heavy (non-hydrogen) atoms. The van der Waals surface area contributed by atoms with Crippen molar-refractivity contribution in [3.63, 3.8) is 0 Å². The van der Waals surface area contributed by atoms with Crippen molar-refractivity contribution in [1.82, 2.24) is 24.2 Å². The molecule has 6 heteroatoms. The predicted molar refractivity (Wildman–Crippen MR) is 92.3 cm³/mol. The van der Waals surface area contributed by atoms with Gasteiger partial charge in [-0.15, -0.1) is 10.2 Å². The molecule has 0 fully saturated rings. The Morgan fingerprint density at radius 3 is 2.88 bits per heavy atom. The number of hydrogen-bond donors (Lipinski definition) is 1. The van der Waals surface area contributed by atoms with Crippen LogP contribution in [0.2, 0.25) is 0 Å². The Morgan fingerprint density at radius 1 is 1.17 bits per heavy atom. The lowest BCUT2D eigenvalue weighted by Gasteiger charge is -2.27. The van der Waals surface area contributed by atoms with Crippen LogP contribution >= 0.6 is 0 Å². The van der Waals surface area contributed by atoms with Crippen molar-refractivity contribution < 1.29 is 5.11 Å². The molecule has 126 valence electrons. The molecule has 1 aromatic carbocycles. The van der Waals surface area contributed by atoms with Gasteiger partial charge in [0, 0.05) is 43.3 Å². The number of aryl methyl sites for hydroxylation is 1. The third kappa shape index (κ3) is 2.61. The Labute approximate surface area is 141 Å². The van der Waals surface area contributed by atoms with E-state index >= 15 is 0 Å². The minimum absolute atomic E-state index is 0.0441. The summed E-state index contributed by atoms with van der Waals surface area (Å²) in [6.45, 7) is 6.70. The van der Waals surface area contributed by atoms with Gasteiger partial charge in [0.1, 0.15) is 12.4 Å². The summed E-state index contributed by atoms with van der Waals surface area (Å²) in [5.74, 6) is 1.62. The van der Waals surface area contributed by atoms with E-state index in [-0.39, 0.29) is 6.61 Å². The molecule has 3 heterocycles. The fourth-order valence-corrected chi connectivity index (χ4v) is 3.64. The van der Waals surface area contributed by atoms with Crippen LogP contribution in [0, 0.1) is 0 Å². The first-order chi connectivity index (χ1) is 11.8. The molecular weight excluding hydrogens is 302 g/mol. The number of benzene rings is 1. The van der Waals surface area contributed by atoms with Gasteiger partial charge in [0.05, 0.1) is 6.54 Å². The molecule has 0 saturated heterocycles. The highest BCUT2D eigenvalue weighted by atomic mass is 16.3. The maximum absolute atomic E-state index is 9.32. The molecule has 0 saturated carbocycles. The molecule has 4 rings (SSSR count). The van der Waals surface area contributed by atoms with Crippen molar-refractivity contribution in [1.29, 1.82) is 0 Å². The van der Waals surface area contributed by atoms with Crippen LogP contribution in [0.3, 0.4) is 0 Å². The molecule has 0 spiro atoms. The van der Waals surface area contributed by atoms with Crippen molar-refractivity contribution in [3.05, 3.63) is 47.7 Å². The van der Waals surface area contributed by atoms with Gasteiger partial charge in [-0.05, 0) is 18.1 Å². The second-order valence-electron chi connectivity index (χ2n) is 6.42. The van der Waals surface area contributed by atoms with Crippen LogP contribution in [0.25, 0.3) is 10.9 Å². The van der Waals surface area contributed by atoms with Crippen molar-refractivity contribution in [3.8, 4) is 0 Å². The summed E-state index contributed by atoms with van der Waals surface area (Å²) < 4.78 is 4.40.